The van der Waals surface area contributed by atoms with Crippen molar-refractivity contribution in [3.63, 3.8) is 0 Å². The van der Waals surface area contributed by atoms with E-state index >= 15 is 0 Å². The topological polar surface area (TPSA) is 34.0 Å². The van der Waals surface area contributed by atoms with Gasteiger partial charge in [0.2, 0.25) is 0 Å². The number of aromatic nitrogens is 3. The van der Waals surface area contributed by atoms with Gasteiger partial charge in [-0.3, -0.25) is 0 Å². The fraction of sp³-hybridized carbons (Fsp3) is 0. The van der Waals surface area contributed by atoms with Crippen molar-refractivity contribution in [2.75, 3.05) is 4.90 Å². The molecule has 2 aromatic heterocycles. The van der Waals surface area contributed by atoms with E-state index in [4.69, 9.17) is 9.97 Å². The molecule has 10 aromatic carbocycles. The molecule has 12 rings (SSSR count). The molecule has 64 heavy (non-hydrogen) atoms. The van der Waals surface area contributed by atoms with E-state index in [1.165, 1.54) is 32.7 Å². The molecule has 0 fully saturated rings. The van der Waals surface area contributed by atoms with E-state index in [0.29, 0.717) is 0 Å². The first-order valence-corrected chi connectivity index (χ1v) is 21.7. The average Bonchev–Trinajstić information content (AvgIpc) is 3.71. The molecule has 0 N–H and O–H groups in total. The van der Waals surface area contributed by atoms with Crippen molar-refractivity contribution < 1.29 is 0 Å². The molecule has 4 heteroatoms. The van der Waals surface area contributed by atoms with Crippen LogP contribution in [0.5, 0.6) is 0 Å². The second-order valence-electron chi connectivity index (χ2n) is 16.2. The highest BCUT2D eigenvalue weighted by Gasteiger charge is 2.20. The number of anilines is 3. The standard InChI is InChI=1S/C60H40N4/c1-5-16-41(17-6-1)42-28-32-49(33-29-42)63(48-24-11-4-12-25-48)51-34-35-53-57(40-51)64(56-37-31-43-18-13-14-27-52(43)58(53)56)50-26-15-23-46(38-50)47-30-36-54-55(39-47)62-60(45-21-9-3-10-22-45)59(61-54)44-19-7-2-8-20-44/h1-40H. The van der Waals surface area contributed by atoms with E-state index in [-0.39, 0.29) is 0 Å². The van der Waals surface area contributed by atoms with Crippen LogP contribution in [0.2, 0.25) is 0 Å². The third-order valence-corrected chi connectivity index (χ3v) is 12.3. The monoisotopic (exact) mass is 816 g/mol. The Morgan fingerprint density at radius 3 is 1.58 bits per heavy atom. The van der Waals surface area contributed by atoms with Crippen molar-refractivity contribution in [2.24, 2.45) is 0 Å². The minimum absolute atomic E-state index is 0.854. The third-order valence-electron chi connectivity index (χ3n) is 12.3. The van der Waals surface area contributed by atoms with Gasteiger partial charge in [-0.2, -0.15) is 0 Å². The minimum Gasteiger partial charge on any atom is -0.310 e. The van der Waals surface area contributed by atoms with Crippen LogP contribution >= 0.6 is 0 Å². The number of para-hydroxylation sites is 1. The highest BCUT2D eigenvalue weighted by molar-refractivity contribution is 6.21. The summed E-state index contributed by atoms with van der Waals surface area (Å²) in [5.74, 6) is 0. The smallest absolute Gasteiger partial charge is 0.0973 e. The van der Waals surface area contributed by atoms with Gasteiger partial charge in [0.1, 0.15) is 0 Å². The van der Waals surface area contributed by atoms with Crippen molar-refractivity contribution in [1.29, 1.82) is 0 Å². The van der Waals surface area contributed by atoms with Crippen LogP contribution in [-0.4, -0.2) is 14.5 Å². The van der Waals surface area contributed by atoms with Crippen molar-refractivity contribution in [3.05, 3.63) is 243 Å². The van der Waals surface area contributed by atoms with Gasteiger partial charge in [0.05, 0.1) is 33.5 Å². The van der Waals surface area contributed by atoms with E-state index in [1.807, 2.05) is 12.1 Å². The van der Waals surface area contributed by atoms with Crippen LogP contribution in [0.15, 0.2) is 243 Å². The quantitative estimate of drug-likeness (QED) is 0.153. The molecule has 0 unspecified atom stereocenters. The van der Waals surface area contributed by atoms with Crippen LogP contribution in [0, 0.1) is 0 Å². The van der Waals surface area contributed by atoms with Gasteiger partial charge in [-0.15, -0.1) is 0 Å². The molecule has 0 atom stereocenters. The molecule has 300 valence electrons. The Kier molecular flexibility index (Phi) is 9.12. The lowest BCUT2D eigenvalue weighted by Crippen LogP contribution is -2.10. The zero-order chi connectivity index (χ0) is 42.4. The molecular weight excluding hydrogens is 777 g/mol. The van der Waals surface area contributed by atoms with Gasteiger partial charge in [0, 0.05) is 44.6 Å². The van der Waals surface area contributed by atoms with Crippen LogP contribution in [0.4, 0.5) is 17.1 Å². The number of hydrogen-bond donors (Lipinski definition) is 0. The largest absolute Gasteiger partial charge is 0.310 e. The molecule has 0 aliphatic carbocycles. The predicted molar refractivity (Wildman–Crippen MR) is 268 cm³/mol. The van der Waals surface area contributed by atoms with E-state index < -0.39 is 0 Å². The zero-order valence-electron chi connectivity index (χ0n) is 34.9. The molecule has 4 nitrogen and oxygen atoms in total. The van der Waals surface area contributed by atoms with Gasteiger partial charge in [0.15, 0.2) is 0 Å². The average molecular weight is 817 g/mol. The Balaban J connectivity index is 1.02. The molecule has 0 saturated heterocycles. The zero-order valence-corrected chi connectivity index (χ0v) is 34.9. The molecule has 0 aliphatic rings. The van der Waals surface area contributed by atoms with E-state index in [2.05, 4.69) is 240 Å². The SMILES string of the molecule is c1ccc(-c2ccc(N(c3ccccc3)c3ccc4c5c6ccccc6ccc5n(-c5cccc(-c6ccc7nc(-c8ccccc8)c(-c8ccccc8)nc7c6)c5)c4c3)cc2)cc1. The Hall–Kier alpha value is -8.60. The number of benzene rings is 10. The Labute approximate surface area is 371 Å². The molecule has 0 spiro atoms. The number of nitrogens with zero attached hydrogens (tertiary/aromatic N) is 4. The van der Waals surface area contributed by atoms with E-state index in [9.17, 15) is 0 Å². The van der Waals surface area contributed by atoms with Crippen LogP contribution in [-0.2, 0) is 0 Å². The van der Waals surface area contributed by atoms with Crippen LogP contribution in [0.25, 0.3) is 94.1 Å². The van der Waals surface area contributed by atoms with Gasteiger partial charge in [-0.1, -0.05) is 176 Å². The fourth-order valence-corrected chi connectivity index (χ4v) is 9.30. The summed E-state index contributed by atoms with van der Waals surface area (Å²) < 4.78 is 2.44. The number of rotatable bonds is 8. The summed E-state index contributed by atoms with van der Waals surface area (Å²) in [5, 5.41) is 4.91. The summed E-state index contributed by atoms with van der Waals surface area (Å²) >= 11 is 0. The van der Waals surface area contributed by atoms with Crippen molar-refractivity contribution >= 4 is 60.7 Å². The normalized spacial score (nSPS) is 11.4. The fourth-order valence-electron chi connectivity index (χ4n) is 9.30. The summed E-state index contributed by atoms with van der Waals surface area (Å²) in [7, 11) is 0. The summed E-state index contributed by atoms with van der Waals surface area (Å²) in [6.45, 7) is 0. The summed E-state index contributed by atoms with van der Waals surface area (Å²) in [5.41, 5.74) is 16.7. The first kappa shape index (κ1) is 37.2. The predicted octanol–water partition coefficient (Wildman–Crippen LogP) is 16.0. The van der Waals surface area contributed by atoms with E-state index in [0.717, 1.165) is 78.5 Å². The second kappa shape index (κ2) is 15.7. The van der Waals surface area contributed by atoms with Gasteiger partial charge < -0.3 is 9.47 Å². The Morgan fingerprint density at radius 2 is 0.859 bits per heavy atom. The highest BCUT2D eigenvalue weighted by Crippen LogP contribution is 2.42. The van der Waals surface area contributed by atoms with Gasteiger partial charge in [0.25, 0.3) is 0 Å². The van der Waals surface area contributed by atoms with Gasteiger partial charge in [-0.05, 0) is 99.8 Å². The maximum absolute atomic E-state index is 5.31. The highest BCUT2D eigenvalue weighted by atomic mass is 15.1. The lowest BCUT2D eigenvalue weighted by molar-refractivity contribution is 1.18. The number of hydrogen-bond acceptors (Lipinski definition) is 3. The Bertz CT molecular complexity index is 3640. The summed E-state index contributed by atoms with van der Waals surface area (Å²) in [6.07, 6.45) is 0. The first-order chi connectivity index (χ1) is 31.7. The maximum atomic E-state index is 5.31. The molecule has 0 saturated carbocycles. The van der Waals surface area contributed by atoms with E-state index in [1.54, 1.807) is 0 Å². The minimum atomic E-state index is 0.854. The van der Waals surface area contributed by atoms with Crippen LogP contribution in [0.3, 0.4) is 0 Å². The molecule has 0 aliphatic heterocycles. The molecule has 0 amide bonds. The molecule has 0 radical (unpaired) electrons. The third kappa shape index (κ3) is 6.57. The maximum Gasteiger partial charge on any atom is 0.0973 e. The molecule has 2 heterocycles. The van der Waals surface area contributed by atoms with Crippen LogP contribution < -0.4 is 4.90 Å². The number of fused-ring (bicyclic) bond motifs is 6. The first-order valence-electron chi connectivity index (χ1n) is 21.7. The van der Waals surface area contributed by atoms with Crippen molar-refractivity contribution in [2.45, 2.75) is 0 Å². The molecule has 12 aromatic rings. The van der Waals surface area contributed by atoms with Gasteiger partial charge in [-0.25, -0.2) is 9.97 Å². The van der Waals surface area contributed by atoms with Crippen molar-refractivity contribution in [1.82, 2.24) is 14.5 Å². The molecular formula is C60H40N4. The lowest BCUT2D eigenvalue weighted by atomic mass is 10.0. The molecule has 0 bridgehead atoms. The Morgan fingerprint density at radius 1 is 0.312 bits per heavy atom. The summed E-state index contributed by atoms with van der Waals surface area (Å²) in [4.78, 5) is 12.9. The van der Waals surface area contributed by atoms with Gasteiger partial charge >= 0.3 is 0 Å². The van der Waals surface area contributed by atoms with Crippen molar-refractivity contribution in [3.8, 4) is 50.5 Å². The second-order valence-corrected chi connectivity index (χ2v) is 16.2. The lowest BCUT2D eigenvalue weighted by Gasteiger charge is -2.26. The van der Waals surface area contributed by atoms with Crippen LogP contribution in [0.1, 0.15) is 0 Å². The summed E-state index contributed by atoms with van der Waals surface area (Å²) in [6, 6.07) is 86.4.